The highest BCUT2D eigenvalue weighted by Crippen LogP contribution is 2.56. The van der Waals surface area contributed by atoms with Crippen molar-refractivity contribution >= 4 is 18.7 Å². The molecule has 2 saturated carbocycles. The summed E-state index contributed by atoms with van der Waals surface area (Å²) in [5, 5.41) is 1.92. The maximum atomic E-state index is 12.9. The van der Waals surface area contributed by atoms with Crippen LogP contribution in [0.15, 0.2) is 30.3 Å². The summed E-state index contributed by atoms with van der Waals surface area (Å²) in [5.74, 6) is 1.93. The third-order valence-electron chi connectivity index (χ3n) is 5.07. The SMILES string of the molecule is C[Si](C)(C(=O)C1[C@H]2CCCC[C@@H]12)c1ccccc1. The Hall–Kier alpha value is -0.893. The molecular formula is C16H22OSi. The van der Waals surface area contributed by atoms with Crippen molar-refractivity contribution in [3.8, 4) is 0 Å². The normalized spacial score (nSPS) is 30.7. The molecule has 96 valence electrons. The van der Waals surface area contributed by atoms with Gasteiger partial charge in [-0.05, 0) is 24.7 Å². The second kappa shape index (κ2) is 4.34. The molecule has 1 aromatic rings. The minimum atomic E-state index is -1.91. The summed E-state index contributed by atoms with van der Waals surface area (Å²) in [5.41, 5.74) is 0. The second-order valence-corrected chi connectivity index (χ2v) is 10.8. The van der Waals surface area contributed by atoms with E-state index in [-0.39, 0.29) is 0 Å². The van der Waals surface area contributed by atoms with Gasteiger partial charge in [-0.2, -0.15) is 0 Å². The van der Waals surface area contributed by atoms with Crippen LogP contribution < -0.4 is 5.19 Å². The van der Waals surface area contributed by atoms with Crippen molar-refractivity contribution in [3.63, 3.8) is 0 Å². The Morgan fingerprint density at radius 1 is 1.06 bits per heavy atom. The Morgan fingerprint density at radius 2 is 1.61 bits per heavy atom. The van der Waals surface area contributed by atoms with E-state index in [9.17, 15) is 4.79 Å². The smallest absolute Gasteiger partial charge is 0.157 e. The lowest BCUT2D eigenvalue weighted by Crippen LogP contribution is -2.51. The predicted molar refractivity (Wildman–Crippen MR) is 77.5 cm³/mol. The number of rotatable bonds is 3. The number of benzene rings is 1. The summed E-state index contributed by atoms with van der Waals surface area (Å²) >= 11 is 0. The van der Waals surface area contributed by atoms with Gasteiger partial charge < -0.3 is 4.79 Å². The molecule has 0 radical (unpaired) electrons. The van der Waals surface area contributed by atoms with E-state index >= 15 is 0 Å². The lowest BCUT2D eigenvalue weighted by atomic mass is 10.0. The van der Waals surface area contributed by atoms with Crippen molar-refractivity contribution in [2.75, 3.05) is 0 Å². The monoisotopic (exact) mass is 258 g/mol. The van der Waals surface area contributed by atoms with Crippen LogP contribution in [0.5, 0.6) is 0 Å². The van der Waals surface area contributed by atoms with Crippen molar-refractivity contribution < 1.29 is 4.79 Å². The minimum Gasteiger partial charge on any atom is -0.305 e. The molecule has 2 fully saturated rings. The van der Waals surface area contributed by atoms with Gasteiger partial charge in [0.2, 0.25) is 0 Å². The molecule has 2 aliphatic rings. The maximum absolute atomic E-state index is 12.9. The second-order valence-electron chi connectivity index (χ2n) is 6.49. The molecule has 18 heavy (non-hydrogen) atoms. The summed E-state index contributed by atoms with van der Waals surface area (Å²) < 4.78 is 0. The molecule has 0 aromatic heterocycles. The van der Waals surface area contributed by atoms with Gasteiger partial charge in [0.25, 0.3) is 0 Å². The van der Waals surface area contributed by atoms with E-state index in [0.717, 1.165) is 11.8 Å². The van der Waals surface area contributed by atoms with Crippen LogP contribution in [0.3, 0.4) is 0 Å². The van der Waals surface area contributed by atoms with Crippen LogP contribution in [0.1, 0.15) is 25.7 Å². The van der Waals surface area contributed by atoms with Gasteiger partial charge >= 0.3 is 0 Å². The standard InChI is InChI=1S/C16H22OSi/c1-18(2,12-8-4-3-5-9-12)16(17)15-13-10-6-7-11-14(13)15/h3-5,8-9,13-15H,6-7,10-11H2,1-2H3/t13-,14+,15?. The number of hydrogen-bond donors (Lipinski definition) is 0. The van der Waals surface area contributed by atoms with Gasteiger partial charge in [0.1, 0.15) is 5.41 Å². The average Bonchev–Trinajstić information content (AvgIpc) is 3.13. The number of carbonyl (C=O) groups excluding carboxylic acids is 1. The molecule has 0 saturated heterocycles. The topological polar surface area (TPSA) is 17.1 Å². The van der Waals surface area contributed by atoms with E-state index in [1.807, 2.05) is 6.07 Å². The van der Waals surface area contributed by atoms with E-state index in [1.165, 1.54) is 30.9 Å². The van der Waals surface area contributed by atoms with E-state index in [1.54, 1.807) is 0 Å². The minimum absolute atomic E-state index is 0.425. The highest BCUT2D eigenvalue weighted by atomic mass is 28.3. The van der Waals surface area contributed by atoms with E-state index in [4.69, 9.17) is 0 Å². The molecule has 3 rings (SSSR count). The first kappa shape index (κ1) is 12.2. The Morgan fingerprint density at radius 3 is 2.17 bits per heavy atom. The van der Waals surface area contributed by atoms with Crippen LogP contribution in [-0.4, -0.2) is 13.5 Å². The number of fused-ring (bicyclic) bond motifs is 1. The Kier molecular flexibility index (Phi) is 2.93. The molecule has 1 unspecified atom stereocenters. The molecule has 0 spiro atoms. The molecular weight excluding hydrogens is 236 g/mol. The fourth-order valence-corrected chi connectivity index (χ4v) is 6.37. The third-order valence-corrected chi connectivity index (χ3v) is 8.41. The molecule has 1 nitrogen and oxygen atoms in total. The summed E-state index contributed by atoms with van der Waals surface area (Å²) in [6, 6.07) is 10.5. The van der Waals surface area contributed by atoms with Gasteiger partial charge in [0.15, 0.2) is 8.07 Å². The summed E-state index contributed by atoms with van der Waals surface area (Å²) in [4.78, 5) is 12.9. The highest BCUT2D eigenvalue weighted by molar-refractivity contribution is 7.13. The van der Waals surface area contributed by atoms with Gasteiger partial charge in [0.05, 0.1) is 0 Å². The predicted octanol–water partition coefficient (Wildman–Crippen LogP) is 3.15. The molecule has 0 heterocycles. The lowest BCUT2D eigenvalue weighted by molar-refractivity contribution is -0.114. The highest BCUT2D eigenvalue weighted by Gasteiger charge is 2.57. The van der Waals surface area contributed by atoms with Crippen molar-refractivity contribution in [1.29, 1.82) is 0 Å². The molecule has 2 heteroatoms. The van der Waals surface area contributed by atoms with Gasteiger partial charge in [0, 0.05) is 5.92 Å². The van der Waals surface area contributed by atoms with Crippen LogP contribution in [0.4, 0.5) is 0 Å². The van der Waals surface area contributed by atoms with Crippen LogP contribution >= 0.6 is 0 Å². The first-order chi connectivity index (χ1) is 8.62. The largest absolute Gasteiger partial charge is 0.305 e. The van der Waals surface area contributed by atoms with Gasteiger partial charge in [-0.15, -0.1) is 0 Å². The molecule has 3 atom stereocenters. The van der Waals surface area contributed by atoms with Crippen molar-refractivity contribution in [3.05, 3.63) is 30.3 Å². The summed E-state index contributed by atoms with van der Waals surface area (Å²) in [6.45, 7) is 4.46. The molecule has 1 aromatic carbocycles. The number of hydrogen-bond acceptors (Lipinski definition) is 1. The zero-order chi connectivity index (χ0) is 12.8. The van der Waals surface area contributed by atoms with Gasteiger partial charge in [-0.1, -0.05) is 61.5 Å². The zero-order valence-corrected chi connectivity index (χ0v) is 12.4. The molecule has 0 bridgehead atoms. The maximum Gasteiger partial charge on any atom is 0.157 e. The van der Waals surface area contributed by atoms with Crippen LogP contribution in [0, 0.1) is 17.8 Å². The first-order valence-electron chi connectivity index (χ1n) is 7.22. The quantitative estimate of drug-likeness (QED) is 0.761. The summed E-state index contributed by atoms with van der Waals surface area (Å²) in [6.07, 6.45) is 5.30. The third kappa shape index (κ3) is 1.87. The first-order valence-corrected chi connectivity index (χ1v) is 10.2. The van der Waals surface area contributed by atoms with Gasteiger partial charge in [-0.25, -0.2) is 0 Å². The molecule has 0 N–H and O–H groups in total. The number of carbonyl (C=O) groups is 1. The molecule has 0 amide bonds. The van der Waals surface area contributed by atoms with Gasteiger partial charge in [-0.3, -0.25) is 0 Å². The fourth-order valence-electron chi connectivity index (χ4n) is 3.79. The van der Waals surface area contributed by atoms with E-state index in [2.05, 4.69) is 37.4 Å². The van der Waals surface area contributed by atoms with Crippen LogP contribution in [0.25, 0.3) is 0 Å². The zero-order valence-electron chi connectivity index (χ0n) is 11.4. The molecule has 0 aliphatic heterocycles. The molecule has 2 aliphatic carbocycles. The van der Waals surface area contributed by atoms with E-state index < -0.39 is 8.07 Å². The van der Waals surface area contributed by atoms with Crippen molar-refractivity contribution in [1.82, 2.24) is 0 Å². The summed E-state index contributed by atoms with van der Waals surface area (Å²) in [7, 11) is -1.91. The fraction of sp³-hybridized carbons (Fsp3) is 0.562. The Bertz CT molecular complexity index is 439. The van der Waals surface area contributed by atoms with Crippen LogP contribution in [0.2, 0.25) is 13.1 Å². The van der Waals surface area contributed by atoms with Crippen molar-refractivity contribution in [2.24, 2.45) is 17.8 Å². The average molecular weight is 258 g/mol. The van der Waals surface area contributed by atoms with Crippen LogP contribution in [-0.2, 0) is 4.79 Å². The Labute approximate surface area is 111 Å². The van der Waals surface area contributed by atoms with E-state index in [0.29, 0.717) is 11.3 Å². The lowest BCUT2D eigenvalue weighted by Gasteiger charge is -2.21. The Balaban J connectivity index is 1.80. The van der Waals surface area contributed by atoms with Crippen molar-refractivity contribution in [2.45, 2.75) is 38.8 Å².